The van der Waals surface area contributed by atoms with Gasteiger partial charge in [-0.1, -0.05) is 17.6 Å². The van der Waals surface area contributed by atoms with E-state index in [-0.39, 0.29) is 33.7 Å². The SMILES string of the molecule is CCC1C=S1Nc1ccc(F)c(Nc2ncccc2-c2ncnc(N)c2C=[NH2+])c1F. The predicted octanol–water partition coefficient (Wildman–Crippen LogP) is 2.51. The van der Waals surface area contributed by atoms with E-state index < -0.39 is 11.6 Å². The summed E-state index contributed by atoms with van der Waals surface area (Å²) in [6.45, 7) is 2.07. The molecular weight excluding hydrogens is 408 g/mol. The maximum Gasteiger partial charge on any atom is 0.173 e. The van der Waals surface area contributed by atoms with Gasteiger partial charge in [-0.05, 0) is 36.1 Å². The van der Waals surface area contributed by atoms with Crippen molar-refractivity contribution in [3.8, 4) is 11.3 Å². The number of pyridine rings is 1. The van der Waals surface area contributed by atoms with Crippen LogP contribution >= 0.6 is 10.7 Å². The second kappa shape index (κ2) is 8.15. The van der Waals surface area contributed by atoms with Gasteiger partial charge in [0.2, 0.25) is 0 Å². The Hall–Kier alpha value is -3.40. The average molecular weight is 428 g/mol. The number of hydrogen-bond acceptors (Lipinski definition) is 6. The van der Waals surface area contributed by atoms with E-state index in [0.29, 0.717) is 22.1 Å². The van der Waals surface area contributed by atoms with Gasteiger partial charge >= 0.3 is 0 Å². The Balaban J connectivity index is 1.72. The molecule has 2 atom stereocenters. The molecule has 1 aliphatic rings. The molecule has 3 heterocycles. The Labute approximate surface area is 174 Å². The van der Waals surface area contributed by atoms with Gasteiger partial charge in [0.25, 0.3) is 0 Å². The molecule has 3 aromatic rings. The topological polar surface area (TPSA) is 114 Å². The molecule has 10 heteroatoms. The van der Waals surface area contributed by atoms with Crippen LogP contribution in [0, 0.1) is 11.6 Å². The number of nitrogen functional groups attached to an aromatic ring is 1. The van der Waals surface area contributed by atoms with E-state index in [0.717, 1.165) is 6.42 Å². The molecule has 1 aromatic carbocycles. The Bertz CT molecular complexity index is 1170. The third kappa shape index (κ3) is 3.73. The maximum absolute atomic E-state index is 15.1. The number of nitrogens with zero attached hydrogens (tertiary/aromatic N) is 3. The lowest BCUT2D eigenvalue weighted by Gasteiger charge is -2.15. The van der Waals surface area contributed by atoms with Crippen LogP contribution in [0.1, 0.15) is 18.9 Å². The first kappa shape index (κ1) is 19.9. The highest BCUT2D eigenvalue weighted by atomic mass is 32.2. The van der Waals surface area contributed by atoms with Crippen molar-refractivity contribution >= 4 is 45.3 Å². The van der Waals surface area contributed by atoms with Crippen LogP contribution in [0.25, 0.3) is 11.3 Å². The van der Waals surface area contributed by atoms with Crippen molar-refractivity contribution in [3.63, 3.8) is 0 Å². The molecule has 154 valence electrons. The highest BCUT2D eigenvalue weighted by Crippen LogP contribution is 2.39. The minimum Gasteiger partial charge on any atom is -0.383 e. The summed E-state index contributed by atoms with van der Waals surface area (Å²) in [5.74, 6) is -1.06. The second-order valence-corrected chi connectivity index (χ2v) is 8.38. The van der Waals surface area contributed by atoms with Crippen LogP contribution in [0.5, 0.6) is 0 Å². The quantitative estimate of drug-likeness (QED) is 0.340. The van der Waals surface area contributed by atoms with Gasteiger partial charge in [0.05, 0.1) is 11.4 Å². The van der Waals surface area contributed by atoms with Crippen LogP contribution in [-0.2, 0) is 0 Å². The number of benzene rings is 1. The molecule has 1 aliphatic heterocycles. The van der Waals surface area contributed by atoms with Gasteiger partial charge in [0, 0.05) is 17.0 Å². The molecule has 0 bridgehead atoms. The lowest BCUT2D eigenvalue weighted by molar-refractivity contribution is -0.104. The Morgan fingerprint density at radius 2 is 2.07 bits per heavy atom. The molecule has 0 saturated heterocycles. The second-order valence-electron chi connectivity index (χ2n) is 6.55. The van der Waals surface area contributed by atoms with Crippen LogP contribution in [0.2, 0.25) is 0 Å². The van der Waals surface area contributed by atoms with E-state index in [9.17, 15) is 4.39 Å². The Kier molecular flexibility index (Phi) is 5.40. The van der Waals surface area contributed by atoms with Crippen molar-refractivity contribution in [2.24, 2.45) is 0 Å². The van der Waals surface area contributed by atoms with Crippen LogP contribution in [0.4, 0.5) is 31.8 Å². The number of nitrogens with one attached hydrogen (secondary N) is 2. The number of hydrogen-bond donors (Lipinski definition) is 4. The van der Waals surface area contributed by atoms with Crippen molar-refractivity contribution in [3.05, 3.63) is 54.0 Å². The molecule has 6 N–H and O–H groups in total. The third-order valence-corrected chi connectivity index (χ3v) is 6.54. The minimum atomic E-state index is -0.738. The molecule has 0 radical (unpaired) electrons. The van der Waals surface area contributed by atoms with E-state index >= 15 is 4.39 Å². The summed E-state index contributed by atoms with van der Waals surface area (Å²) in [4.78, 5) is 12.4. The first-order valence-corrected chi connectivity index (χ1v) is 10.6. The predicted molar refractivity (Wildman–Crippen MR) is 118 cm³/mol. The summed E-state index contributed by atoms with van der Waals surface area (Å²) < 4.78 is 32.8. The maximum atomic E-state index is 15.1. The van der Waals surface area contributed by atoms with Crippen molar-refractivity contribution in [1.29, 1.82) is 0 Å². The smallest absolute Gasteiger partial charge is 0.173 e. The molecule has 4 rings (SSSR count). The molecule has 0 saturated carbocycles. The van der Waals surface area contributed by atoms with Crippen molar-refractivity contribution < 1.29 is 14.2 Å². The van der Waals surface area contributed by atoms with Gasteiger partial charge in [0.15, 0.2) is 12.0 Å². The third-order valence-electron chi connectivity index (χ3n) is 4.66. The van der Waals surface area contributed by atoms with Crippen molar-refractivity contribution in [2.45, 2.75) is 18.6 Å². The highest BCUT2D eigenvalue weighted by molar-refractivity contribution is 8.24. The zero-order valence-electron chi connectivity index (χ0n) is 16.1. The number of aromatic nitrogens is 3. The monoisotopic (exact) mass is 428 g/mol. The summed E-state index contributed by atoms with van der Waals surface area (Å²) in [7, 11) is -0.197. The van der Waals surface area contributed by atoms with Gasteiger partial charge in [-0.3, -0.25) is 5.41 Å². The fraction of sp³-hybridized carbons (Fsp3) is 0.150. The molecular formula is C20H20F2N7S+. The van der Waals surface area contributed by atoms with E-state index in [1.807, 2.05) is 0 Å². The standard InChI is InChI=1S/C20H19F2N7S/c1-2-11-9-30(11)29-15-6-5-14(21)18(16(15)22)28-20-12(4-3-7-25-20)17-13(8-23)19(24)27-10-26-17/h3-11,23,29H,2H2,1H3,(H,25,28)(H2,24,26,27)/p+1. The zero-order valence-corrected chi connectivity index (χ0v) is 16.9. The Morgan fingerprint density at radius 3 is 2.80 bits per heavy atom. The van der Waals surface area contributed by atoms with Crippen LogP contribution in [0.3, 0.4) is 0 Å². The van der Waals surface area contributed by atoms with Crippen LogP contribution < -0.4 is 21.2 Å². The fourth-order valence-corrected chi connectivity index (χ4v) is 4.60. The van der Waals surface area contributed by atoms with Crippen LogP contribution in [0.15, 0.2) is 36.8 Å². The summed E-state index contributed by atoms with van der Waals surface area (Å²) in [6, 6.07) is 5.99. The van der Waals surface area contributed by atoms with Gasteiger partial charge in [-0.25, -0.2) is 23.7 Å². The summed E-state index contributed by atoms with van der Waals surface area (Å²) in [6.07, 6.45) is 5.05. The van der Waals surface area contributed by atoms with E-state index in [2.05, 4.69) is 37.3 Å². The molecule has 0 spiro atoms. The number of rotatable bonds is 7. The van der Waals surface area contributed by atoms with Gasteiger partial charge in [-0.15, -0.1) is 0 Å². The minimum absolute atomic E-state index is 0.188. The molecule has 0 fully saturated rings. The molecule has 2 unspecified atom stereocenters. The van der Waals surface area contributed by atoms with E-state index in [1.165, 1.54) is 30.9 Å². The van der Waals surface area contributed by atoms with Crippen molar-refractivity contribution in [1.82, 2.24) is 15.0 Å². The number of nitrogens with two attached hydrogens (primary N) is 2. The van der Waals surface area contributed by atoms with E-state index in [1.54, 1.807) is 12.1 Å². The first-order chi connectivity index (χ1) is 14.5. The summed E-state index contributed by atoms with van der Waals surface area (Å²) in [5.41, 5.74) is 7.08. The van der Waals surface area contributed by atoms with Crippen LogP contribution in [-0.4, -0.2) is 31.8 Å². The normalized spacial score (nSPS) is 17.2. The van der Waals surface area contributed by atoms with Gasteiger partial charge in [0.1, 0.15) is 35.0 Å². The molecule has 7 nitrogen and oxygen atoms in total. The van der Waals surface area contributed by atoms with Gasteiger partial charge < -0.3 is 15.8 Å². The molecule has 0 amide bonds. The summed E-state index contributed by atoms with van der Waals surface area (Å²) >= 11 is 0. The first-order valence-electron chi connectivity index (χ1n) is 9.22. The van der Waals surface area contributed by atoms with E-state index in [4.69, 9.17) is 11.1 Å². The lowest BCUT2D eigenvalue weighted by Crippen LogP contribution is -2.31. The molecule has 2 aromatic heterocycles. The molecule has 0 aliphatic carbocycles. The largest absolute Gasteiger partial charge is 0.383 e. The van der Waals surface area contributed by atoms with Crippen molar-refractivity contribution in [2.75, 3.05) is 15.8 Å². The zero-order chi connectivity index (χ0) is 21.3. The number of halogens is 2. The highest BCUT2D eigenvalue weighted by Gasteiger charge is 2.24. The fourth-order valence-electron chi connectivity index (χ4n) is 2.99. The number of anilines is 4. The average Bonchev–Trinajstić information content (AvgIpc) is 3.51. The van der Waals surface area contributed by atoms with Gasteiger partial charge in [-0.2, -0.15) is 0 Å². The Morgan fingerprint density at radius 1 is 1.23 bits per heavy atom. The summed E-state index contributed by atoms with van der Waals surface area (Å²) in [5, 5.41) is 11.0. The lowest BCUT2D eigenvalue weighted by atomic mass is 10.1. The molecule has 30 heavy (non-hydrogen) atoms.